The normalized spacial score (nSPS) is 20.9. The smallest absolute Gasteiger partial charge is 0.256 e. The van der Waals surface area contributed by atoms with Gasteiger partial charge >= 0.3 is 0 Å². The largest absolute Gasteiger partial charge is 0.368 e. The Balaban J connectivity index is 1.53. The highest BCUT2D eigenvalue weighted by atomic mass is 16.5. The summed E-state index contributed by atoms with van der Waals surface area (Å²) < 4.78 is 16.2. The second-order valence-electron chi connectivity index (χ2n) is 5.55. The number of hydrogen-bond donors (Lipinski definition) is 0. The molecule has 0 spiro atoms. The molecule has 3 aromatic rings. The van der Waals surface area contributed by atoms with Crippen molar-refractivity contribution in [1.29, 1.82) is 0 Å². The van der Waals surface area contributed by atoms with Crippen LogP contribution in [0.1, 0.15) is 47.4 Å². The fourth-order valence-corrected chi connectivity index (χ4v) is 2.88. The molecule has 7 heteroatoms. The molecule has 0 unspecified atom stereocenters. The lowest BCUT2D eigenvalue weighted by molar-refractivity contribution is 0.0758. The van der Waals surface area contributed by atoms with Crippen molar-refractivity contribution in [3.05, 3.63) is 59.3 Å². The van der Waals surface area contributed by atoms with Crippen LogP contribution in [0.25, 0.3) is 0 Å². The molecule has 2 aromatic heterocycles. The van der Waals surface area contributed by atoms with Crippen LogP contribution in [0.4, 0.5) is 0 Å². The maximum Gasteiger partial charge on any atom is 0.256 e. The quantitative estimate of drug-likeness (QED) is 0.731. The summed E-state index contributed by atoms with van der Waals surface area (Å²) in [5.74, 6) is 2.33. The zero-order valence-electron chi connectivity index (χ0n) is 12.7. The SMILES string of the molecule is Cc1nc(Cc2noc([C@H]3OCC[C@H]3c3ccccc3)n2)no1. The predicted molar refractivity (Wildman–Crippen MR) is 78.6 cm³/mol. The average Bonchev–Trinajstić information content (AvgIpc) is 3.29. The van der Waals surface area contributed by atoms with Crippen LogP contribution < -0.4 is 0 Å². The summed E-state index contributed by atoms with van der Waals surface area (Å²) in [6.45, 7) is 2.43. The van der Waals surface area contributed by atoms with Crippen LogP contribution >= 0.6 is 0 Å². The lowest BCUT2D eigenvalue weighted by Crippen LogP contribution is -2.06. The lowest BCUT2D eigenvalue weighted by Gasteiger charge is -2.14. The lowest BCUT2D eigenvalue weighted by atomic mass is 9.92. The highest BCUT2D eigenvalue weighted by Crippen LogP contribution is 2.40. The highest BCUT2D eigenvalue weighted by molar-refractivity contribution is 5.23. The number of benzene rings is 1. The molecule has 0 N–H and O–H groups in total. The van der Waals surface area contributed by atoms with Crippen molar-refractivity contribution in [2.75, 3.05) is 6.61 Å². The van der Waals surface area contributed by atoms with E-state index in [1.165, 1.54) is 5.56 Å². The first kappa shape index (κ1) is 14.1. The Hall–Kier alpha value is -2.54. The monoisotopic (exact) mass is 312 g/mol. The molecule has 1 fully saturated rings. The molecule has 1 aliphatic heterocycles. The van der Waals surface area contributed by atoms with Gasteiger partial charge in [-0.3, -0.25) is 0 Å². The second-order valence-corrected chi connectivity index (χ2v) is 5.55. The Morgan fingerprint density at radius 2 is 1.83 bits per heavy atom. The molecule has 0 saturated carbocycles. The van der Waals surface area contributed by atoms with Crippen LogP contribution in [0.2, 0.25) is 0 Å². The van der Waals surface area contributed by atoms with Gasteiger partial charge in [-0.25, -0.2) is 0 Å². The van der Waals surface area contributed by atoms with E-state index in [-0.39, 0.29) is 12.0 Å². The first-order valence-corrected chi connectivity index (χ1v) is 7.58. The van der Waals surface area contributed by atoms with Crippen LogP contribution in [-0.4, -0.2) is 26.9 Å². The first-order chi connectivity index (χ1) is 11.3. The Morgan fingerprint density at radius 3 is 2.61 bits per heavy atom. The van der Waals surface area contributed by atoms with Gasteiger partial charge in [-0.15, -0.1) is 0 Å². The topological polar surface area (TPSA) is 87.1 Å². The van der Waals surface area contributed by atoms with Crippen LogP contribution in [0.3, 0.4) is 0 Å². The summed E-state index contributed by atoms with van der Waals surface area (Å²) in [7, 11) is 0. The number of hydrogen-bond acceptors (Lipinski definition) is 7. The van der Waals surface area contributed by atoms with Gasteiger partial charge in [0, 0.05) is 19.4 Å². The molecule has 7 nitrogen and oxygen atoms in total. The number of ether oxygens (including phenoxy) is 1. The van der Waals surface area contributed by atoms with Crippen molar-refractivity contribution in [2.45, 2.75) is 31.8 Å². The molecule has 0 bridgehead atoms. The van der Waals surface area contributed by atoms with Gasteiger partial charge < -0.3 is 13.8 Å². The molecule has 0 radical (unpaired) electrons. The van der Waals surface area contributed by atoms with E-state index in [1.807, 2.05) is 18.2 Å². The van der Waals surface area contributed by atoms with Crippen LogP contribution in [-0.2, 0) is 11.2 Å². The van der Waals surface area contributed by atoms with Crippen molar-refractivity contribution in [1.82, 2.24) is 20.3 Å². The maximum atomic E-state index is 5.83. The zero-order valence-corrected chi connectivity index (χ0v) is 12.7. The molecule has 0 aliphatic carbocycles. The Bertz CT molecular complexity index is 783. The van der Waals surface area contributed by atoms with E-state index in [9.17, 15) is 0 Å². The van der Waals surface area contributed by atoms with Gasteiger partial charge in [0.15, 0.2) is 11.6 Å². The number of aryl methyl sites for hydroxylation is 1. The van der Waals surface area contributed by atoms with Crippen molar-refractivity contribution in [3.8, 4) is 0 Å². The molecule has 4 rings (SSSR count). The van der Waals surface area contributed by atoms with Gasteiger partial charge in [0.1, 0.15) is 6.10 Å². The molecular weight excluding hydrogens is 296 g/mol. The molecule has 3 heterocycles. The number of nitrogens with zero attached hydrogens (tertiary/aromatic N) is 4. The van der Waals surface area contributed by atoms with E-state index in [2.05, 4.69) is 32.4 Å². The van der Waals surface area contributed by atoms with E-state index in [0.717, 1.165) is 6.42 Å². The summed E-state index contributed by atoms with van der Waals surface area (Å²) in [4.78, 5) is 8.59. The Kier molecular flexibility index (Phi) is 3.63. The number of aromatic nitrogens is 4. The summed E-state index contributed by atoms with van der Waals surface area (Å²) >= 11 is 0. The molecule has 1 aromatic carbocycles. The van der Waals surface area contributed by atoms with Crippen molar-refractivity contribution >= 4 is 0 Å². The minimum absolute atomic E-state index is 0.203. The molecular formula is C16H16N4O3. The minimum atomic E-state index is -0.203. The second kappa shape index (κ2) is 5.92. The zero-order chi connectivity index (χ0) is 15.6. The molecule has 0 amide bonds. The predicted octanol–water partition coefficient (Wildman–Crippen LogP) is 2.60. The van der Waals surface area contributed by atoms with E-state index in [1.54, 1.807) is 6.92 Å². The van der Waals surface area contributed by atoms with Crippen LogP contribution in [0.5, 0.6) is 0 Å². The highest BCUT2D eigenvalue weighted by Gasteiger charge is 2.35. The van der Waals surface area contributed by atoms with Crippen LogP contribution in [0, 0.1) is 6.92 Å². The van der Waals surface area contributed by atoms with Crippen molar-refractivity contribution in [3.63, 3.8) is 0 Å². The van der Waals surface area contributed by atoms with Gasteiger partial charge in [-0.2, -0.15) is 9.97 Å². The molecule has 23 heavy (non-hydrogen) atoms. The Morgan fingerprint density at radius 1 is 1.04 bits per heavy atom. The molecule has 118 valence electrons. The third kappa shape index (κ3) is 2.87. The van der Waals surface area contributed by atoms with Crippen molar-refractivity contribution < 1.29 is 13.8 Å². The van der Waals surface area contributed by atoms with Gasteiger partial charge in [-0.05, 0) is 12.0 Å². The molecule has 2 atom stereocenters. The minimum Gasteiger partial charge on any atom is -0.368 e. The van der Waals surface area contributed by atoms with E-state index in [4.69, 9.17) is 13.8 Å². The fourth-order valence-electron chi connectivity index (χ4n) is 2.88. The maximum absolute atomic E-state index is 5.83. The number of rotatable bonds is 4. The van der Waals surface area contributed by atoms with E-state index >= 15 is 0 Å². The van der Waals surface area contributed by atoms with Gasteiger partial charge in [0.05, 0.1) is 6.42 Å². The first-order valence-electron chi connectivity index (χ1n) is 7.58. The fraction of sp³-hybridized carbons (Fsp3) is 0.375. The standard InChI is InChI=1S/C16H16N4O3/c1-10-17-13(19-22-10)9-14-18-16(23-20-14)15-12(7-8-21-15)11-5-3-2-4-6-11/h2-6,12,15H,7-9H2,1H3/t12-,15-/m0/s1. The van der Waals surface area contributed by atoms with Gasteiger partial charge in [0.25, 0.3) is 5.89 Å². The molecule has 1 aliphatic rings. The molecule has 1 saturated heterocycles. The third-order valence-electron chi connectivity index (χ3n) is 3.93. The van der Waals surface area contributed by atoms with Gasteiger partial charge in [0.2, 0.25) is 5.89 Å². The third-order valence-corrected chi connectivity index (χ3v) is 3.93. The summed E-state index contributed by atoms with van der Waals surface area (Å²) in [5.41, 5.74) is 1.23. The Labute approximate surface area is 132 Å². The summed E-state index contributed by atoms with van der Waals surface area (Å²) in [5, 5.41) is 7.85. The van der Waals surface area contributed by atoms with E-state index < -0.39 is 0 Å². The van der Waals surface area contributed by atoms with E-state index in [0.29, 0.717) is 36.5 Å². The summed E-state index contributed by atoms with van der Waals surface area (Å²) in [6, 6.07) is 10.3. The average molecular weight is 312 g/mol. The summed E-state index contributed by atoms with van der Waals surface area (Å²) in [6.07, 6.45) is 1.12. The van der Waals surface area contributed by atoms with Crippen molar-refractivity contribution in [2.24, 2.45) is 0 Å². The van der Waals surface area contributed by atoms with Gasteiger partial charge in [-0.1, -0.05) is 40.6 Å². The van der Waals surface area contributed by atoms with Crippen LogP contribution in [0.15, 0.2) is 39.4 Å².